The van der Waals surface area contributed by atoms with E-state index >= 15 is 0 Å². The minimum Gasteiger partial charge on any atom is -0.497 e. The van der Waals surface area contributed by atoms with E-state index in [4.69, 9.17) is 21.1 Å². The lowest BCUT2D eigenvalue weighted by Gasteiger charge is -2.18. The minimum absolute atomic E-state index is 0.0326. The molecule has 2 rings (SSSR count). The first kappa shape index (κ1) is 21.8. The maximum atomic E-state index is 13.1. The monoisotopic (exact) mass is 417 g/mol. The first-order valence-corrected chi connectivity index (χ1v) is 8.70. The summed E-state index contributed by atoms with van der Waals surface area (Å²) in [5.41, 5.74) is -0.462. The highest BCUT2D eigenvalue weighted by Crippen LogP contribution is 2.36. The molecule has 0 spiro atoms. The number of rotatable bonds is 7. The molecule has 2 N–H and O–H groups in total. The Morgan fingerprint density at radius 2 is 1.86 bits per heavy atom. The average Bonchev–Trinajstić information content (AvgIpc) is 2.62. The van der Waals surface area contributed by atoms with E-state index in [1.54, 1.807) is 26.3 Å². The van der Waals surface area contributed by atoms with Gasteiger partial charge in [-0.25, -0.2) is 0 Å². The first-order chi connectivity index (χ1) is 13.1. The number of benzene rings is 2. The van der Waals surface area contributed by atoms with Gasteiger partial charge in [-0.2, -0.15) is 13.2 Å². The van der Waals surface area contributed by atoms with Crippen molar-refractivity contribution in [1.82, 2.24) is 0 Å². The Hall–Kier alpha value is -2.45. The summed E-state index contributed by atoms with van der Waals surface area (Å²) in [5, 5.41) is 2.26. The van der Waals surface area contributed by atoms with Crippen LogP contribution in [-0.4, -0.2) is 33.7 Å². The molecule has 0 aliphatic carbocycles. The van der Waals surface area contributed by atoms with Crippen molar-refractivity contribution in [3.8, 4) is 11.5 Å². The number of halogens is 4. The van der Waals surface area contributed by atoms with Crippen LogP contribution in [0.1, 0.15) is 11.1 Å². The molecule has 1 atom stereocenters. The fraction of sp³-hybridized carbons (Fsp3) is 0.316. The lowest BCUT2D eigenvalue weighted by Crippen LogP contribution is -3.08. The fourth-order valence-corrected chi connectivity index (χ4v) is 2.89. The van der Waals surface area contributed by atoms with Gasteiger partial charge in [0, 0.05) is 16.7 Å². The summed E-state index contributed by atoms with van der Waals surface area (Å²) in [6.45, 7) is 0.405. The third kappa shape index (κ3) is 5.77. The predicted molar refractivity (Wildman–Crippen MR) is 100 cm³/mol. The molecule has 5 nitrogen and oxygen atoms in total. The molecule has 0 bridgehead atoms. The summed E-state index contributed by atoms with van der Waals surface area (Å²) in [5.74, 6) is 0.701. The maximum Gasteiger partial charge on any atom is 0.418 e. The molecule has 2 aromatic rings. The van der Waals surface area contributed by atoms with Crippen molar-refractivity contribution in [2.24, 2.45) is 0 Å². The summed E-state index contributed by atoms with van der Waals surface area (Å²) in [6.07, 6.45) is -4.62. The van der Waals surface area contributed by atoms with Crippen LogP contribution in [0.3, 0.4) is 0 Å². The molecule has 0 aromatic heterocycles. The van der Waals surface area contributed by atoms with Crippen molar-refractivity contribution in [2.75, 3.05) is 33.1 Å². The van der Waals surface area contributed by atoms with Crippen LogP contribution in [0.2, 0.25) is 5.02 Å². The van der Waals surface area contributed by atoms with Gasteiger partial charge in [0.1, 0.15) is 18.0 Å². The van der Waals surface area contributed by atoms with Crippen LogP contribution < -0.4 is 19.7 Å². The quantitative estimate of drug-likeness (QED) is 0.728. The van der Waals surface area contributed by atoms with E-state index < -0.39 is 17.6 Å². The number of likely N-dealkylation sites (N-methyl/N-ethyl adjacent to an activating group) is 1. The van der Waals surface area contributed by atoms with Crippen LogP contribution in [-0.2, 0) is 17.5 Å². The van der Waals surface area contributed by atoms with E-state index in [-0.39, 0.29) is 17.3 Å². The molecule has 0 fully saturated rings. The van der Waals surface area contributed by atoms with Gasteiger partial charge in [0.05, 0.1) is 32.5 Å². The topological polar surface area (TPSA) is 52.0 Å². The van der Waals surface area contributed by atoms with Crippen molar-refractivity contribution < 1.29 is 32.3 Å². The fourth-order valence-electron chi connectivity index (χ4n) is 2.71. The van der Waals surface area contributed by atoms with Gasteiger partial charge in [-0.3, -0.25) is 4.79 Å². The average molecular weight is 418 g/mol. The molecule has 0 aliphatic rings. The molecule has 1 amide bonds. The zero-order chi connectivity index (χ0) is 20.9. The Morgan fingerprint density at radius 3 is 2.46 bits per heavy atom. The van der Waals surface area contributed by atoms with Gasteiger partial charge in [0.25, 0.3) is 5.91 Å². The van der Waals surface area contributed by atoms with Crippen LogP contribution in [0.15, 0.2) is 36.4 Å². The van der Waals surface area contributed by atoms with E-state index in [2.05, 4.69) is 5.32 Å². The molecule has 0 saturated carbocycles. The summed E-state index contributed by atoms with van der Waals surface area (Å²) in [6, 6.07) is 8.55. The standard InChI is InChI=1S/C19H20ClF3N2O3/c1-25(10-12-4-6-14(27-2)9-17(12)28-3)11-18(26)24-16-7-5-13(20)8-15(16)19(21,22)23/h4-9H,10-11H2,1-3H3,(H,24,26)/p+1. The SMILES string of the molecule is COc1ccc(C[NH+](C)CC(=O)Nc2ccc(Cl)cc2C(F)(F)F)c(OC)c1. The maximum absolute atomic E-state index is 13.1. The number of carbonyl (C=O) groups is 1. The largest absolute Gasteiger partial charge is 0.497 e. The van der Waals surface area contributed by atoms with Crippen molar-refractivity contribution in [3.05, 3.63) is 52.5 Å². The van der Waals surface area contributed by atoms with Crippen LogP contribution in [0.4, 0.5) is 18.9 Å². The van der Waals surface area contributed by atoms with Crippen molar-refractivity contribution in [2.45, 2.75) is 12.7 Å². The van der Waals surface area contributed by atoms with Gasteiger partial charge >= 0.3 is 6.18 Å². The number of alkyl halides is 3. The molecule has 0 aliphatic heterocycles. The van der Waals surface area contributed by atoms with Gasteiger partial charge < -0.3 is 19.7 Å². The zero-order valence-corrected chi connectivity index (χ0v) is 16.4. The number of nitrogens with one attached hydrogen (secondary N) is 2. The zero-order valence-electron chi connectivity index (χ0n) is 15.6. The summed E-state index contributed by atoms with van der Waals surface area (Å²) >= 11 is 5.65. The first-order valence-electron chi connectivity index (χ1n) is 8.33. The van der Waals surface area contributed by atoms with Gasteiger partial charge in [0.15, 0.2) is 6.54 Å². The summed E-state index contributed by atoms with van der Waals surface area (Å²) in [7, 11) is 4.83. The van der Waals surface area contributed by atoms with E-state index in [0.717, 1.165) is 22.6 Å². The number of anilines is 1. The molecule has 0 heterocycles. The molecule has 9 heteroatoms. The number of hydrogen-bond acceptors (Lipinski definition) is 3. The second-order valence-corrected chi connectivity index (χ2v) is 6.66. The van der Waals surface area contributed by atoms with Crippen LogP contribution in [0.25, 0.3) is 0 Å². The molecule has 0 radical (unpaired) electrons. The highest BCUT2D eigenvalue weighted by molar-refractivity contribution is 6.30. The van der Waals surface area contributed by atoms with E-state index in [1.807, 2.05) is 6.07 Å². The summed E-state index contributed by atoms with van der Waals surface area (Å²) < 4.78 is 49.9. The van der Waals surface area contributed by atoms with E-state index in [1.165, 1.54) is 13.2 Å². The van der Waals surface area contributed by atoms with Crippen LogP contribution in [0, 0.1) is 0 Å². The highest BCUT2D eigenvalue weighted by atomic mass is 35.5. The number of ether oxygens (including phenoxy) is 2. The second-order valence-electron chi connectivity index (χ2n) is 6.22. The number of methoxy groups -OCH3 is 2. The molecular weight excluding hydrogens is 397 g/mol. The molecular formula is C19H21ClF3N2O3+. The van der Waals surface area contributed by atoms with Gasteiger partial charge in [-0.05, 0) is 30.3 Å². The Labute approximate surface area is 166 Å². The van der Waals surface area contributed by atoms with Crippen molar-refractivity contribution >= 4 is 23.2 Å². The minimum atomic E-state index is -4.62. The van der Waals surface area contributed by atoms with Gasteiger partial charge in [-0.15, -0.1) is 0 Å². The molecule has 2 aromatic carbocycles. The number of amides is 1. The molecule has 28 heavy (non-hydrogen) atoms. The van der Waals surface area contributed by atoms with E-state index in [0.29, 0.717) is 18.0 Å². The van der Waals surface area contributed by atoms with Gasteiger partial charge in [-0.1, -0.05) is 11.6 Å². The smallest absolute Gasteiger partial charge is 0.418 e. The van der Waals surface area contributed by atoms with E-state index in [9.17, 15) is 18.0 Å². The van der Waals surface area contributed by atoms with Crippen molar-refractivity contribution in [1.29, 1.82) is 0 Å². The van der Waals surface area contributed by atoms with Crippen molar-refractivity contribution in [3.63, 3.8) is 0 Å². The molecule has 1 unspecified atom stereocenters. The van der Waals surface area contributed by atoms with Crippen LogP contribution >= 0.6 is 11.6 Å². The Bertz CT molecular complexity index is 844. The number of hydrogen-bond donors (Lipinski definition) is 2. The lowest BCUT2D eigenvalue weighted by molar-refractivity contribution is -0.885. The second kappa shape index (κ2) is 9.16. The van der Waals surface area contributed by atoms with Crippen LogP contribution in [0.5, 0.6) is 11.5 Å². The number of carbonyl (C=O) groups excluding carboxylic acids is 1. The summed E-state index contributed by atoms with van der Waals surface area (Å²) in [4.78, 5) is 13.0. The molecule has 0 saturated heterocycles. The Morgan fingerprint density at radius 1 is 1.14 bits per heavy atom. The lowest BCUT2D eigenvalue weighted by atomic mass is 10.1. The Balaban J connectivity index is 2.06. The normalized spacial score (nSPS) is 12.4. The predicted octanol–water partition coefficient (Wildman–Crippen LogP) is 3.03. The molecule has 152 valence electrons. The number of quaternary nitrogens is 1. The Kier molecular flexibility index (Phi) is 7.15. The third-order valence-electron chi connectivity index (χ3n) is 4.01. The van der Waals surface area contributed by atoms with Gasteiger partial charge in [0.2, 0.25) is 0 Å². The highest BCUT2D eigenvalue weighted by Gasteiger charge is 2.34. The third-order valence-corrected chi connectivity index (χ3v) is 4.25.